The van der Waals surface area contributed by atoms with Crippen LogP contribution in [-0.2, 0) is 19.1 Å². The third-order valence-corrected chi connectivity index (χ3v) is 3.57. The molecule has 6 heteroatoms. The molecule has 0 saturated carbocycles. The van der Waals surface area contributed by atoms with Crippen molar-refractivity contribution in [2.75, 3.05) is 40.0 Å². The van der Waals surface area contributed by atoms with Crippen LogP contribution in [0.2, 0.25) is 0 Å². The van der Waals surface area contributed by atoms with Crippen LogP contribution in [0.25, 0.3) is 0 Å². The normalized spacial score (nSPS) is 21.6. The van der Waals surface area contributed by atoms with Crippen molar-refractivity contribution in [3.05, 3.63) is 0 Å². The average Bonchev–Trinajstić information content (AvgIpc) is 2.90. The van der Waals surface area contributed by atoms with E-state index >= 15 is 0 Å². The number of rotatable bonds is 8. The number of amides is 1. The molecule has 1 N–H and O–H groups in total. The number of hydrogen-bond acceptors (Lipinski definition) is 5. The third-order valence-electron chi connectivity index (χ3n) is 3.57. The van der Waals surface area contributed by atoms with Gasteiger partial charge in [0.05, 0.1) is 32.7 Å². The van der Waals surface area contributed by atoms with Gasteiger partial charge in [-0.05, 0) is 12.5 Å². The zero-order chi connectivity index (χ0) is 15.8. The van der Waals surface area contributed by atoms with E-state index in [1.165, 1.54) is 7.11 Å². The van der Waals surface area contributed by atoms with Crippen LogP contribution in [0.5, 0.6) is 0 Å². The van der Waals surface area contributed by atoms with Crippen LogP contribution in [0.15, 0.2) is 0 Å². The number of hydrogen-bond donors (Lipinski definition) is 1. The van der Waals surface area contributed by atoms with Gasteiger partial charge in [0.15, 0.2) is 0 Å². The van der Waals surface area contributed by atoms with E-state index in [0.29, 0.717) is 32.2 Å². The number of esters is 1. The summed E-state index contributed by atoms with van der Waals surface area (Å²) in [5.41, 5.74) is 0. The smallest absolute Gasteiger partial charge is 0.307 e. The molecule has 0 aromatic rings. The van der Waals surface area contributed by atoms with Crippen LogP contribution < -0.4 is 5.32 Å². The maximum atomic E-state index is 12.7. The molecule has 0 aliphatic carbocycles. The molecule has 1 fully saturated rings. The second kappa shape index (κ2) is 9.00. The SMILES string of the molecule is CCNC1COCC1C(=O)N(CCC(=O)OC)CC(C)C. The molecule has 2 atom stereocenters. The first-order valence-corrected chi connectivity index (χ1v) is 7.66. The summed E-state index contributed by atoms with van der Waals surface area (Å²) in [6, 6.07) is 0.0651. The Balaban J connectivity index is 2.67. The lowest BCUT2D eigenvalue weighted by atomic mass is 10.0. The zero-order valence-electron chi connectivity index (χ0n) is 13.6. The van der Waals surface area contributed by atoms with E-state index in [1.54, 1.807) is 4.90 Å². The monoisotopic (exact) mass is 300 g/mol. The van der Waals surface area contributed by atoms with Crippen molar-refractivity contribution in [2.24, 2.45) is 11.8 Å². The third kappa shape index (κ3) is 5.63. The highest BCUT2D eigenvalue weighted by Gasteiger charge is 2.36. The van der Waals surface area contributed by atoms with Crippen molar-refractivity contribution >= 4 is 11.9 Å². The summed E-state index contributed by atoms with van der Waals surface area (Å²) in [6.45, 7) is 9.01. The number of ether oxygens (including phenoxy) is 2. The van der Waals surface area contributed by atoms with Gasteiger partial charge in [-0.25, -0.2) is 0 Å². The summed E-state index contributed by atoms with van der Waals surface area (Å²) >= 11 is 0. The molecule has 1 aliphatic rings. The second-order valence-electron chi connectivity index (χ2n) is 5.81. The molecule has 0 radical (unpaired) electrons. The molecule has 0 aromatic heterocycles. The van der Waals surface area contributed by atoms with Crippen LogP contribution >= 0.6 is 0 Å². The van der Waals surface area contributed by atoms with E-state index < -0.39 is 0 Å². The van der Waals surface area contributed by atoms with Crippen LogP contribution in [0.4, 0.5) is 0 Å². The molecule has 1 rings (SSSR count). The molecule has 122 valence electrons. The summed E-state index contributed by atoms with van der Waals surface area (Å²) in [5.74, 6) is -0.0358. The Morgan fingerprint density at radius 3 is 2.67 bits per heavy atom. The molecule has 1 heterocycles. The largest absolute Gasteiger partial charge is 0.469 e. The standard InChI is InChI=1S/C15H28N2O4/c1-5-16-13-10-21-9-12(13)15(19)17(8-11(2)3)7-6-14(18)20-4/h11-13,16H,5-10H2,1-4H3. The van der Waals surface area contributed by atoms with Crippen molar-refractivity contribution < 1.29 is 19.1 Å². The van der Waals surface area contributed by atoms with Crippen LogP contribution in [0.3, 0.4) is 0 Å². The number of methoxy groups -OCH3 is 1. The van der Waals surface area contributed by atoms with Gasteiger partial charge in [0, 0.05) is 19.1 Å². The summed E-state index contributed by atoms with van der Waals surface area (Å²) in [5, 5.41) is 3.30. The number of nitrogens with one attached hydrogen (secondary N) is 1. The van der Waals surface area contributed by atoms with Crippen molar-refractivity contribution in [3.8, 4) is 0 Å². The molecule has 1 amide bonds. The fourth-order valence-electron chi connectivity index (χ4n) is 2.56. The highest BCUT2D eigenvalue weighted by molar-refractivity contribution is 5.80. The molecule has 0 bridgehead atoms. The van der Waals surface area contributed by atoms with E-state index in [-0.39, 0.29) is 30.3 Å². The first-order valence-electron chi connectivity index (χ1n) is 7.66. The first-order chi connectivity index (χ1) is 9.99. The van der Waals surface area contributed by atoms with E-state index in [9.17, 15) is 9.59 Å². The number of nitrogens with zero attached hydrogens (tertiary/aromatic N) is 1. The van der Waals surface area contributed by atoms with Gasteiger partial charge < -0.3 is 19.7 Å². The number of carbonyl (C=O) groups excluding carboxylic acids is 2. The average molecular weight is 300 g/mol. The fourth-order valence-corrected chi connectivity index (χ4v) is 2.56. The molecule has 6 nitrogen and oxygen atoms in total. The molecule has 1 saturated heterocycles. The van der Waals surface area contributed by atoms with E-state index in [1.807, 2.05) is 6.92 Å². The molecule has 0 spiro atoms. The summed E-state index contributed by atoms with van der Waals surface area (Å²) in [6.07, 6.45) is 0.231. The van der Waals surface area contributed by atoms with Gasteiger partial charge >= 0.3 is 5.97 Å². The molecule has 0 aromatic carbocycles. The van der Waals surface area contributed by atoms with Crippen LogP contribution in [0, 0.1) is 11.8 Å². The molecular weight excluding hydrogens is 272 g/mol. The lowest BCUT2D eigenvalue weighted by molar-refractivity contribution is -0.142. The number of likely N-dealkylation sites (N-methyl/N-ethyl adjacent to an activating group) is 1. The van der Waals surface area contributed by atoms with Crippen molar-refractivity contribution in [1.82, 2.24) is 10.2 Å². The second-order valence-corrected chi connectivity index (χ2v) is 5.81. The minimum Gasteiger partial charge on any atom is -0.469 e. The Morgan fingerprint density at radius 2 is 2.10 bits per heavy atom. The molecular formula is C15H28N2O4. The van der Waals surface area contributed by atoms with E-state index in [2.05, 4.69) is 23.9 Å². The van der Waals surface area contributed by atoms with Gasteiger partial charge in [-0.2, -0.15) is 0 Å². The van der Waals surface area contributed by atoms with Crippen molar-refractivity contribution in [2.45, 2.75) is 33.2 Å². The highest BCUT2D eigenvalue weighted by Crippen LogP contribution is 2.18. The lowest BCUT2D eigenvalue weighted by Crippen LogP contribution is -2.47. The van der Waals surface area contributed by atoms with Gasteiger partial charge in [0.25, 0.3) is 0 Å². The Hall–Kier alpha value is -1.14. The Kier molecular flexibility index (Phi) is 7.67. The van der Waals surface area contributed by atoms with Gasteiger partial charge in [0.2, 0.25) is 5.91 Å². The lowest BCUT2D eigenvalue weighted by Gasteiger charge is -2.29. The summed E-state index contributed by atoms with van der Waals surface area (Å²) in [4.78, 5) is 25.8. The van der Waals surface area contributed by atoms with Crippen LogP contribution in [-0.4, -0.2) is 62.8 Å². The van der Waals surface area contributed by atoms with Crippen LogP contribution in [0.1, 0.15) is 27.2 Å². The van der Waals surface area contributed by atoms with Gasteiger partial charge in [-0.1, -0.05) is 20.8 Å². The summed E-state index contributed by atoms with van der Waals surface area (Å²) < 4.78 is 10.1. The maximum absolute atomic E-state index is 12.7. The van der Waals surface area contributed by atoms with E-state index in [4.69, 9.17) is 4.74 Å². The predicted octanol–water partition coefficient (Wildman–Crippen LogP) is 0.659. The van der Waals surface area contributed by atoms with E-state index in [0.717, 1.165) is 6.54 Å². The highest BCUT2D eigenvalue weighted by atomic mass is 16.5. The summed E-state index contributed by atoms with van der Waals surface area (Å²) in [7, 11) is 1.36. The maximum Gasteiger partial charge on any atom is 0.307 e. The Labute approximate surface area is 127 Å². The number of carbonyl (C=O) groups is 2. The van der Waals surface area contributed by atoms with Gasteiger partial charge in [-0.15, -0.1) is 0 Å². The Morgan fingerprint density at radius 1 is 1.38 bits per heavy atom. The van der Waals surface area contributed by atoms with Crippen molar-refractivity contribution in [1.29, 1.82) is 0 Å². The van der Waals surface area contributed by atoms with Gasteiger partial charge in [0.1, 0.15) is 0 Å². The fraction of sp³-hybridized carbons (Fsp3) is 0.867. The topological polar surface area (TPSA) is 67.9 Å². The molecule has 2 unspecified atom stereocenters. The van der Waals surface area contributed by atoms with Crippen molar-refractivity contribution in [3.63, 3.8) is 0 Å². The first kappa shape index (κ1) is 17.9. The quantitative estimate of drug-likeness (QED) is 0.667. The Bertz CT molecular complexity index is 347. The van der Waals surface area contributed by atoms with Gasteiger partial charge in [-0.3, -0.25) is 9.59 Å². The molecule has 21 heavy (non-hydrogen) atoms. The minimum absolute atomic E-state index is 0.0651. The minimum atomic E-state index is -0.289. The predicted molar refractivity (Wildman–Crippen MR) is 79.8 cm³/mol. The zero-order valence-corrected chi connectivity index (χ0v) is 13.6. The molecule has 1 aliphatic heterocycles.